The van der Waals surface area contributed by atoms with Gasteiger partial charge in [0.15, 0.2) is 0 Å². The lowest BCUT2D eigenvalue weighted by Crippen LogP contribution is -2.39. The average molecular weight is 352 g/mol. The molecule has 2 aromatic rings. The Kier molecular flexibility index (Phi) is 6.29. The van der Waals surface area contributed by atoms with Crippen molar-refractivity contribution >= 4 is 11.5 Å². The maximum absolute atomic E-state index is 11.3. The van der Waals surface area contributed by atoms with Gasteiger partial charge in [0.05, 0.1) is 5.92 Å². The molecule has 1 saturated heterocycles. The van der Waals surface area contributed by atoms with Crippen LogP contribution in [-0.2, 0) is 11.3 Å². The molecule has 1 aromatic heterocycles. The highest BCUT2D eigenvalue weighted by atomic mass is 16.4. The number of benzene rings is 1. The fraction of sp³-hybridized carbons (Fsp3) is 0.409. The third-order valence-electron chi connectivity index (χ3n) is 5.18. The fourth-order valence-electron chi connectivity index (χ4n) is 3.77. The molecule has 1 N–H and O–H groups in total. The van der Waals surface area contributed by atoms with Gasteiger partial charge in [0.1, 0.15) is 0 Å². The summed E-state index contributed by atoms with van der Waals surface area (Å²) in [5.74, 6) is -0.866. The van der Waals surface area contributed by atoms with E-state index in [4.69, 9.17) is 0 Å². The van der Waals surface area contributed by atoms with Crippen molar-refractivity contribution < 1.29 is 9.90 Å². The average Bonchev–Trinajstić information content (AvgIpc) is 3.14. The van der Waals surface area contributed by atoms with Crippen molar-refractivity contribution in [1.82, 2.24) is 9.47 Å². The predicted molar refractivity (Wildman–Crippen MR) is 105 cm³/mol. The van der Waals surface area contributed by atoms with Crippen LogP contribution in [0.5, 0.6) is 0 Å². The van der Waals surface area contributed by atoms with Gasteiger partial charge in [-0.3, -0.25) is 4.79 Å². The molecular weight excluding hydrogens is 324 g/mol. The number of nitrogens with zero attached hydrogens (tertiary/aromatic N) is 2. The van der Waals surface area contributed by atoms with Gasteiger partial charge in [-0.25, -0.2) is 0 Å². The zero-order valence-corrected chi connectivity index (χ0v) is 15.5. The Hall–Kier alpha value is -2.33. The molecule has 1 fully saturated rings. The topological polar surface area (TPSA) is 45.5 Å². The molecule has 1 atom stereocenters. The highest BCUT2D eigenvalue weighted by molar-refractivity contribution is 5.78. The number of hydrogen-bond donors (Lipinski definition) is 1. The molecule has 0 amide bonds. The number of carboxylic acids is 1. The minimum Gasteiger partial charge on any atom is -0.481 e. The number of aliphatic carboxylic acids is 1. The van der Waals surface area contributed by atoms with Crippen LogP contribution >= 0.6 is 0 Å². The Morgan fingerprint density at radius 3 is 2.77 bits per heavy atom. The van der Waals surface area contributed by atoms with E-state index >= 15 is 0 Å². The summed E-state index contributed by atoms with van der Waals surface area (Å²) in [4.78, 5) is 13.5. The number of rotatable bonds is 7. The molecule has 1 aliphatic heterocycles. The molecular formula is C22H28N2O2. The molecule has 26 heavy (non-hydrogen) atoms. The van der Waals surface area contributed by atoms with Crippen LogP contribution < -0.4 is 0 Å². The van der Waals surface area contributed by atoms with E-state index in [2.05, 4.69) is 65.1 Å². The molecule has 0 bridgehead atoms. The summed E-state index contributed by atoms with van der Waals surface area (Å²) in [6.45, 7) is 5.69. The van der Waals surface area contributed by atoms with Crippen LogP contribution in [0.25, 0.3) is 5.57 Å². The van der Waals surface area contributed by atoms with Gasteiger partial charge >= 0.3 is 5.97 Å². The van der Waals surface area contributed by atoms with E-state index in [-0.39, 0.29) is 5.92 Å². The van der Waals surface area contributed by atoms with E-state index < -0.39 is 5.97 Å². The van der Waals surface area contributed by atoms with Crippen LogP contribution in [0, 0.1) is 5.92 Å². The van der Waals surface area contributed by atoms with Crippen LogP contribution in [0.4, 0.5) is 0 Å². The number of likely N-dealkylation sites (tertiary alicyclic amines) is 1. The molecule has 1 aliphatic rings. The molecule has 4 nitrogen and oxygen atoms in total. The van der Waals surface area contributed by atoms with Crippen molar-refractivity contribution in [2.24, 2.45) is 5.92 Å². The van der Waals surface area contributed by atoms with Crippen molar-refractivity contribution in [2.75, 3.05) is 19.6 Å². The summed E-state index contributed by atoms with van der Waals surface area (Å²) >= 11 is 0. The van der Waals surface area contributed by atoms with Gasteiger partial charge in [-0.05, 0) is 50.4 Å². The van der Waals surface area contributed by atoms with Crippen molar-refractivity contribution in [3.8, 4) is 0 Å². The normalized spacial score (nSPS) is 18.8. The highest BCUT2D eigenvalue weighted by Gasteiger charge is 2.24. The van der Waals surface area contributed by atoms with Crippen molar-refractivity contribution in [1.29, 1.82) is 0 Å². The van der Waals surface area contributed by atoms with Crippen molar-refractivity contribution in [2.45, 2.75) is 32.7 Å². The van der Waals surface area contributed by atoms with Crippen LogP contribution in [0.3, 0.4) is 0 Å². The molecule has 4 heteroatoms. The molecule has 0 saturated carbocycles. The Bertz CT molecular complexity index is 749. The number of aromatic nitrogens is 1. The number of aryl methyl sites for hydroxylation is 1. The van der Waals surface area contributed by atoms with Gasteiger partial charge in [0, 0.05) is 37.1 Å². The molecule has 0 spiro atoms. The Morgan fingerprint density at radius 2 is 2.04 bits per heavy atom. The van der Waals surface area contributed by atoms with E-state index in [9.17, 15) is 9.90 Å². The van der Waals surface area contributed by atoms with Crippen LogP contribution in [0.1, 0.15) is 37.4 Å². The third kappa shape index (κ3) is 4.44. The van der Waals surface area contributed by atoms with Crippen LogP contribution in [0.2, 0.25) is 0 Å². The Labute approximate surface area is 155 Å². The molecule has 2 heterocycles. The molecule has 0 radical (unpaired) electrons. The molecule has 0 aliphatic carbocycles. The summed E-state index contributed by atoms with van der Waals surface area (Å²) < 4.78 is 2.26. The monoisotopic (exact) mass is 352 g/mol. The zero-order valence-electron chi connectivity index (χ0n) is 15.5. The Balaban J connectivity index is 1.74. The zero-order chi connectivity index (χ0) is 18.4. The first kappa shape index (κ1) is 18.5. The first-order valence-corrected chi connectivity index (χ1v) is 9.55. The van der Waals surface area contributed by atoms with Gasteiger partial charge < -0.3 is 14.6 Å². The summed E-state index contributed by atoms with van der Waals surface area (Å²) in [6, 6.07) is 14.8. The second-order valence-electron chi connectivity index (χ2n) is 6.93. The van der Waals surface area contributed by atoms with Gasteiger partial charge in [-0.1, -0.05) is 36.4 Å². The SMILES string of the molecule is CCn1cccc1C(=CCCN1CCCC(C(=O)O)C1)c1ccccc1. The largest absolute Gasteiger partial charge is 0.481 e. The lowest BCUT2D eigenvalue weighted by molar-refractivity contribution is -0.143. The summed E-state index contributed by atoms with van der Waals surface area (Å²) in [5.41, 5.74) is 3.72. The second-order valence-corrected chi connectivity index (χ2v) is 6.93. The molecule has 3 rings (SSSR count). The van der Waals surface area contributed by atoms with Crippen LogP contribution in [-0.4, -0.2) is 40.2 Å². The smallest absolute Gasteiger partial charge is 0.307 e. The lowest BCUT2D eigenvalue weighted by Gasteiger charge is -2.30. The van der Waals surface area contributed by atoms with E-state index in [1.54, 1.807) is 0 Å². The van der Waals surface area contributed by atoms with E-state index in [1.165, 1.54) is 16.8 Å². The molecule has 1 unspecified atom stereocenters. The maximum atomic E-state index is 11.3. The number of carbonyl (C=O) groups is 1. The number of piperidine rings is 1. The van der Waals surface area contributed by atoms with Gasteiger partial charge in [0.25, 0.3) is 0 Å². The highest BCUT2D eigenvalue weighted by Crippen LogP contribution is 2.25. The van der Waals surface area contributed by atoms with Gasteiger partial charge in [-0.15, -0.1) is 0 Å². The summed E-state index contributed by atoms with van der Waals surface area (Å²) in [7, 11) is 0. The first-order chi connectivity index (χ1) is 12.7. The minimum absolute atomic E-state index is 0.210. The first-order valence-electron chi connectivity index (χ1n) is 9.55. The fourth-order valence-corrected chi connectivity index (χ4v) is 3.77. The van der Waals surface area contributed by atoms with Gasteiger partial charge in [0.2, 0.25) is 0 Å². The summed E-state index contributed by atoms with van der Waals surface area (Å²) in [5, 5.41) is 9.26. The minimum atomic E-state index is -0.656. The van der Waals surface area contributed by atoms with Crippen molar-refractivity contribution in [3.63, 3.8) is 0 Å². The van der Waals surface area contributed by atoms with E-state index in [0.29, 0.717) is 6.54 Å². The predicted octanol–water partition coefficient (Wildman–Crippen LogP) is 4.13. The maximum Gasteiger partial charge on any atom is 0.307 e. The second kappa shape index (κ2) is 8.86. The van der Waals surface area contributed by atoms with Crippen LogP contribution in [0.15, 0.2) is 54.7 Å². The van der Waals surface area contributed by atoms with E-state index in [1.807, 2.05) is 6.07 Å². The lowest BCUT2D eigenvalue weighted by atomic mass is 9.97. The number of carboxylic acid groups (broad SMARTS) is 1. The van der Waals surface area contributed by atoms with Gasteiger partial charge in [-0.2, -0.15) is 0 Å². The quantitative estimate of drug-likeness (QED) is 0.815. The molecule has 1 aromatic carbocycles. The van der Waals surface area contributed by atoms with E-state index in [0.717, 1.165) is 38.9 Å². The summed E-state index contributed by atoms with van der Waals surface area (Å²) in [6.07, 6.45) is 7.13. The number of hydrogen-bond acceptors (Lipinski definition) is 2. The standard InChI is InChI=1S/C22H28N2O2/c1-2-24-16-8-13-21(24)20(18-9-4-3-5-10-18)12-7-15-23-14-6-11-19(17-23)22(25)26/h3-5,8-10,12-13,16,19H,2,6-7,11,14-15,17H2,1H3,(H,25,26). The van der Waals surface area contributed by atoms with Crippen molar-refractivity contribution in [3.05, 3.63) is 66.0 Å². The molecule has 138 valence electrons. The Morgan fingerprint density at radius 1 is 1.23 bits per heavy atom. The third-order valence-corrected chi connectivity index (χ3v) is 5.18.